The molecule has 5 nitrogen and oxygen atoms in total. The van der Waals surface area contributed by atoms with Crippen LogP contribution in [-0.4, -0.2) is 52.9 Å². The summed E-state index contributed by atoms with van der Waals surface area (Å²) in [6.07, 6.45) is 2.37. The van der Waals surface area contributed by atoms with E-state index in [0.717, 1.165) is 11.3 Å². The van der Waals surface area contributed by atoms with Gasteiger partial charge < -0.3 is 14.5 Å². The molecule has 1 atom stereocenters. The van der Waals surface area contributed by atoms with Gasteiger partial charge in [-0.25, -0.2) is 0 Å². The summed E-state index contributed by atoms with van der Waals surface area (Å²) in [5, 5.41) is 0. The molecule has 2 amide bonds. The zero-order valence-corrected chi connectivity index (χ0v) is 15.1. The predicted octanol–water partition coefficient (Wildman–Crippen LogP) is 2.36. The maximum atomic E-state index is 12.8. The summed E-state index contributed by atoms with van der Waals surface area (Å²) in [7, 11) is 1.64. The maximum absolute atomic E-state index is 12.8. The molecule has 0 aromatic heterocycles. The van der Waals surface area contributed by atoms with E-state index < -0.39 is 0 Å². The van der Waals surface area contributed by atoms with Crippen LogP contribution in [0.25, 0.3) is 0 Å². The average molecular weight is 348 g/mol. The van der Waals surface area contributed by atoms with E-state index in [1.807, 2.05) is 29.2 Å². The number of carbonyl (C=O) groups excluding carboxylic acids is 2. The van der Waals surface area contributed by atoms with E-state index in [4.69, 9.17) is 4.74 Å². The van der Waals surface area contributed by atoms with Crippen LogP contribution in [0.1, 0.15) is 25.3 Å². The average Bonchev–Trinajstić information content (AvgIpc) is 3.37. The molecular formula is C18H24N2O3S. The van der Waals surface area contributed by atoms with Crippen molar-refractivity contribution < 1.29 is 14.3 Å². The van der Waals surface area contributed by atoms with Crippen LogP contribution < -0.4 is 4.74 Å². The molecular weight excluding hydrogens is 324 g/mol. The zero-order chi connectivity index (χ0) is 17.1. The van der Waals surface area contributed by atoms with Crippen molar-refractivity contribution in [1.29, 1.82) is 0 Å². The van der Waals surface area contributed by atoms with E-state index in [2.05, 4.69) is 6.92 Å². The number of carbonyl (C=O) groups is 2. The van der Waals surface area contributed by atoms with Crippen molar-refractivity contribution in [2.75, 3.05) is 25.3 Å². The molecule has 2 aliphatic rings. The number of rotatable bonds is 7. The fraction of sp³-hybridized carbons (Fsp3) is 0.556. The number of nitrogens with zero attached hydrogens (tertiary/aromatic N) is 2. The first-order chi connectivity index (χ1) is 11.6. The monoisotopic (exact) mass is 348 g/mol. The third-order valence-corrected chi connectivity index (χ3v) is 5.72. The van der Waals surface area contributed by atoms with Crippen molar-refractivity contribution in [3.05, 3.63) is 29.8 Å². The van der Waals surface area contributed by atoms with Gasteiger partial charge in [-0.15, -0.1) is 11.8 Å². The number of benzene rings is 1. The Balaban J connectivity index is 1.69. The Morgan fingerprint density at radius 2 is 2.08 bits per heavy atom. The molecule has 0 radical (unpaired) electrons. The van der Waals surface area contributed by atoms with E-state index in [-0.39, 0.29) is 24.4 Å². The molecule has 1 saturated heterocycles. The molecule has 3 rings (SSSR count). The lowest BCUT2D eigenvalue weighted by Gasteiger charge is -2.31. The van der Waals surface area contributed by atoms with Gasteiger partial charge in [-0.2, -0.15) is 0 Å². The quantitative estimate of drug-likeness (QED) is 0.759. The lowest BCUT2D eigenvalue weighted by molar-refractivity contribution is -0.140. The third kappa shape index (κ3) is 4.04. The predicted molar refractivity (Wildman–Crippen MR) is 94.8 cm³/mol. The molecule has 1 aliphatic heterocycles. The summed E-state index contributed by atoms with van der Waals surface area (Å²) < 4.78 is 5.19. The largest absolute Gasteiger partial charge is 0.497 e. The Kier molecular flexibility index (Phi) is 5.33. The molecule has 24 heavy (non-hydrogen) atoms. The van der Waals surface area contributed by atoms with Gasteiger partial charge in [-0.1, -0.05) is 12.1 Å². The first kappa shape index (κ1) is 17.1. The number of hydrogen-bond acceptors (Lipinski definition) is 4. The number of methoxy groups -OCH3 is 1. The molecule has 1 aliphatic carbocycles. The molecule has 0 N–H and O–H groups in total. The van der Waals surface area contributed by atoms with Crippen molar-refractivity contribution >= 4 is 23.6 Å². The van der Waals surface area contributed by atoms with Gasteiger partial charge >= 0.3 is 0 Å². The van der Waals surface area contributed by atoms with Crippen molar-refractivity contribution in [3.63, 3.8) is 0 Å². The molecule has 1 aromatic rings. The van der Waals surface area contributed by atoms with Crippen molar-refractivity contribution in [1.82, 2.24) is 9.80 Å². The van der Waals surface area contributed by atoms with E-state index in [0.29, 0.717) is 24.1 Å². The number of hydrogen-bond donors (Lipinski definition) is 0. The van der Waals surface area contributed by atoms with Crippen molar-refractivity contribution in [3.8, 4) is 5.75 Å². The molecule has 6 heteroatoms. The van der Waals surface area contributed by atoms with Crippen LogP contribution in [0.5, 0.6) is 5.75 Å². The molecule has 1 saturated carbocycles. The smallest absolute Gasteiger partial charge is 0.242 e. The van der Waals surface area contributed by atoms with Gasteiger partial charge in [0.1, 0.15) is 12.3 Å². The second kappa shape index (κ2) is 7.47. The van der Waals surface area contributed by atoms with Gasteiger partial charge in [0, 0.05) is 12.6 Å². The summed E-state index contributed by atoms with van der Waals surface area (Å²) in [4.78, 5) is 28.2. The maximum Gasteiger partial charge on any atom is 0.242 e. The summed E-state index contributed by atoms with van der Waals surface area (Å²) in [5.74, 6) is 2.63. The van der Waals surface area contributed by atoms with Gasteiger partial charge in [-0.05, 0) is 43.4 Å². The van der Waals surface area contributed by atoms with Crippen LogP contribution in [0.2, 0.25) is 0 Å². The highest BCUT2D eigenvalue weighted by Crippen LogP contribution is 2.36. The van der Waals surface area contributed by atoms with Crippen LogP contribution >= 0.6 is 11.8 Å². The van der Waals surface area contributed by atoms with Gasteiger partial charge in [0.25, 0.3) is 0 Å². The third-order valence-electron chi connectivity index (χ3n) is 4.78. The van der Waals surface area contributed by atoms with Gasteiger partial charge in [0.2, 0.25) is 11.8 Å². The Labute approximate surface area is 147 Å². The van der Waals surface area contributed by atoms with E-state index in [9.17, 15) is 9.59 Å². The number of amides is 2. The molecule has 1 unspecified atom stereocenters. The minimum absolute atomic E-state index is 0.0427. The second-order valence-corrected chi connectivity index (χ2v) is 7.47. The van der Waals surface area contributed by atoms with Gasteiger partial charge in [0.15, 0.2) is 0 Å². The summed E-state index contributed by atoms with van der Waals surface area (Å²) >= 11 is 1.57. The standard InChI is InChI=1S/C18H24N2O3S/c1-13(15-5-6-15)20(9-14-3-7-16(23-2)8-4-14)17(21)10-19-12-24-11-18(19)22/h3-4,7-8,13,15H,5-6,9-12H2,1-2H3. The van der Waals surface area contributed by atoms with Crippen LogP contribution in [0.15, 0.2) is 24.3 Å². The zero-order valence-electron chi connectivity index (χ0n) is 14.2. The minimum atomic E-state index is 0.0427. The number of thioether (sulfide) groups is 1. The van der Waals surface area contributed by atoms with Crippen LogP contribution in [0.3, 0.4) is 0 Å². The molecule has 1 aromatic carbocycles. The molecule has 130 valence electrons. The highest BCUT2D eigenvalue weighted by Gasteiger charge is 2.35. The normalized spacial score (nSPS) is 18.6. The Bertz CT molecular complexity index is 601. The van der Waals surface area contributed by atoms with Gasteiger partial charge in [-0.3, -0.25) is 9.59 Å². The highest BCUT2D eigenvalue weighted by molar-refractivity contribution is 8.00. The molecule has 2 fully saturated rings. The van der Waals surface area contributed by atoms with Crippen LogP contribution in [-0.2, 0) is 16.1 Å². The summed E-state index contributed by atoms with van der Waals surface area (Å²) in [6, 6.07) is 8.04. The Hall–Kier alpha value is -1.69. The number of ether oxygens (including phenoxy) is 1. The summed E-state index contributed by atoms with van der Waals surface area (Å²) in [6.45, 7) is 2.90. The van der Waals surface area contributed by atoms with E-state index in [1.54, 1.807) is 23.8 Å². The Morgan fingerprint density at radius 1 is 1.38 bits per heavy atom. The van der Waals surface area contributed by atoms with Crippen LogP contribution in [0, 0.1) is 5.92 Å². The Morgan fingerprint density at radius 3 is 2.62 bits per heavy atom. The van der Waals surface area contributed by atoms with E-state index >= 15 is 0 Å². The van der Waals surface area contributed by atoms with Gasteiger partial charge in [0.05, 0.1) is 18.7 Å². The minimum Gasteiger partial charge on any atom is -0.497 e. The first-order valence-electron chi connectivity index (χ1n) is 8.36. The highest BCUT2D eigenvalue weighted by atomic mass is 32.2. The first-order valence-corrected chi connectivity index (χ1v) is 9.52. The van der Waals surface area contributed by atoms with Crippen molar-refractivity contribution in [2.45, 2.75) is 32.4 Å². The van der Waals surface area contributed by atoms with E-state index in [1.165, 1.54) is 12.8 Å². The lowest BCUT2D eigenvalue weighted by Crippen LogP contribution is -2.45. The SMILES string of the molecule is COc1ccc(CN(C(=O)CN2CSCC2=O)C(C)C2CC2)cc1. The summed E-state index contributed by atoms with van der Waals surface area (Å²) in [5.41, 5.74) is 1.08. The second-order valence-electron chi connectivity index (χ2n) is 6.52. The van der Waals surface area contributed by atoms with Crippen LogP contribution in [0.4, 0.5) is 0 Å². The fourth-order valence-corrected chi connectivity index (χ4v) is 3.92. The molecule has 1 heterocycles. The lowest BCUT2D eigenvalue weighted by atomic mass is 10.1. The molecule has 0 bridgehead atoms. The topological polar surface area (TPSA) is 49.9 Å². The van der Waals surface area contributed by atoms with Crippen molar-refractivity contribution in [2.24, 2.45) is 5.92 Å². The molecule has 0 spiro atoms. The fourth-order valence-electron chi connectivity index (χ4n) is 3.01.